The minimum atomic E-state index is 0. The molecule has 1 spiro atoms. The van der Waals surface area contributed by atoms with Gasteiger partial charge in [-0.25, -0.2) is 0 Å². The van der Waals surface area contributed by atoms with Crippen LogP contribution in [-0.4, -0.2) is 52.8 Å². The Balaban J connectivity index is 0.00000176. The molecule has 0 bridgehead atoms. The van der Waals surface area contributed by atoms with Crippen molar-refractivity contribution in [2.75, 3.05) is 19.6 Å². The third-order valence-corrected chi connectivity index (χ3v) is 5.56. The van der Waals surface area contributed by atoms with Crippen LogP contribution in [0.3, 0.4) is 0 Å². The van der Waals surface area contributed by atoms with E-state index in [1.807, 2.05) is 11.8 Å². The van der Waals surface area contributed by atoms with Crippen molar-refractivity contribution < 1.29 is 9.59 Å². The van der Waals surface area contributed by atoms with Gasteiger partial charge in [0.1, 0.15) is 0 Å². The molecule has 22 heavy (non-hydrogen) atoms. The molecule has 1 saturated carbocycles. The van der Waals surface area contributed by atoms with Gasteiger partial charge >= 0.3 is 0 Å². The summed E-state index contributed by atoms with van der Waals surface area (Å²) in [6.07, 6.45) is 7.16. The van der Waals surface area contributed by atoms with Gasteiger partial charge in [-0.05, 0) is 38.5 Å². The Labute approximate surface area is 134 Å². The minimum Gasteiger partial charge on any atom is -0.333 e. The summed E-state index contributed by atoms with van der Waals surface area (Å²) in [6.45, 7) is 3.86. The molecular weight excluding hydrogens is 278 g/mol. The van der Waals surface area contributed by atoms with E-state index in [1.165, 1.54) is 0 Å². The fourth-order valence-electron chi connectivity index (χ4n) is 3.92. The molecule has 5 nitrogen and oxygen atoms in total. The molecule has 2 heterocycles. The Morgan fingerprint density at radius 2 is 1.95 bits per heavy atom. The lowest BCUT2D eigenvalue weighted by Crippen LogP contribution is -2.42. The second-order valence-electron chi connectivity index (χ2n) is 7.20. The summed E-state index contributed by atoms with van der Waals surface area (Å²) >= 11 is 0. The molecular formula is C17H31N3O2. The smallest absolute Gasteiger partial charge is 0.242 e. The van der Waals surface area contributed by atoms with Crippen LogP contribution in [0.15, 0.2) is 0 Å². The van der Waals surface area contributed by atoms with E-state index in [4.69, 9.17) is 5.73 Å². The van der Waals surface area contributed by atoms with Gasteiger partial charge < -0.3 is 15.5 Å². The van der Waals surface area contributed by atoms with E-state index in [2.05, 4.69) is 0 Å². The zero-order chi connectivity index (χ0) is 15.0. The molecule has 0 radical (unpaired) electrons. The van der Waals surface area contributed by atoms with Crippen LogP contribution < -0.4 is 5.73 Å². The SMILES string of the molecule is C.CC1CCCCN(CC(=O)N2CC23CCC(N)CC3)C1=O. The molecule has 1 aliphatic carbocycles. The topological polar surface area (TPSA) is 66.4 Å². The zero-order valence-corrected chi connectivity index (χ0v) is 13.0. The van der Waals surface area contributed by atoms with E-state index < -0.39 is 0 Å². The molecule has 126 valence electrons. The average molecular weight is 309 g/mol. The van der Waals surface area contributed by atoms with E-state index in [9.17, 15) is 9.59 Å². The second kappa shape index (κ2) is 6.57. The number of nitrogens with two attached hydrogens (primary N) is 1. The van der Waals surface area contributed by atoms with Crippen LogP contribution in [0.25, 0.3) is 0 Å². The molecule has 0 aromatic carbocycles. The zero-order valence-electron chi connectivity index (χ0n) is 13.0. The van der Waals surface area contributed by atoms with E-state index in [-0.39, 0.29) is 37.2 Å². The molecule has 5 heteroatoms. The maximum Gasteiger partial charge on any atom is 0.242 e. The predicted molar refractivity (Wildman–Crippen MR) is 87.2 cm³/mol. The number of hydrogen-bond donors (Lipinski definition) is 1. The molecule has 2 saturated heterocycles. The normalized spacial score (nSPS) is 35.1. The molecule has 2 aliphatic heterocycles. The summed E-state index contributed by atoms with van der Waals surface area (Å²) in [5, 5.41) is 0. The molecule has 3 aliphatic rings. The Morgan fingerprint density at radius 3 is 2.64 bits per heavy atom. The van der Waals surface area contributed by atoms with Crippen LogP contribution in [0.1, 0.15) is 59.3 Å². The first-order chi connectivity index (χ1) is 10.0. The summed E-state index contributed by atoms with van der Waals surface area (Å²) in [5.41, 5.74) is 6.04. The van der Waals surface area contributed by atoms with Gasteiger partial charge in [-0.15, -0.1) is 0 Å². The lowest BCUT2D eigenvalue weighted by molar-refractivity contribution is -0.140. The van der Waals surface area contributed by atoms with Gasteiger partial charge in [-0.3, -0.25) is 9.59 Å². The average Bonchev–Trinajstić information content (AvgIpc) is 3.20. The minimum absolute atomic E-state index is 0. The maximum atomic E-state index is 12.5. The highest BCUT2D eigenvalue weighted by atomic mass is 16.2. The van der Waals surface area contributed by atoms with Crippen molar-refractivity contribution >= 4 is 11.8 Å². The standard InChI is InChI=1S/C16H27N3O2.CH4/c1-12-4-2-3-9-18(15(12)21)10-14(20)19-11-16(19)7-5-13(17)6-8-16;/h12-13H,2-11,17H2,1H3;1H4. The number of rotatable bonds is 2. The lowest BCUT2D eigenvalue weighted by Gasteiger charge is -2.28. The molecule has 2 N–H and O–H groups in total. The fourth-order valence-corrected chi connectivity index (χ4v) is 3.92. The molecule has 1 unspecified atom stereocenters. The van der Waals surface area contributed by atoms with Crippen LogP contribution in [0, 0.1) is 5.92 Å². The Hall–Kier alpha value is -1.10. The van der Waals surface area contributed by atoms with Gasteiger partial charge in [0, 0.05) is 25.0 Å². The van der Waals surface area contributed by atoms with Gasteiger partial charge in [-0.2, -0.15) is 0 Å². The van der Waals surface area contributed by atoms with Crippen molar-refractivity contribution in [2.24, 2.45) is 11.7 Å². The summed E-state index contributed by atoms with van der Waals surface area (Å²) in [5.74, 6) is 0.353. The van der Waals surface area contributed by atoms with Gasteiger partial charge in [-0.1, -0.05) is 20.8 Å². The number of likely N-dealkylation sites (tertiary alicyclic amines) is 1. The summed E-state index contributed by atoms with van der Waals surface area (Å²) in [4.78, 5) is 28.5. The molecule has 1 atom stereocenters. The summed E-state index contributed by atoms with van der Waals surface area (Å²) in [7, 11) is 0. The van der Waals surface area contributed by atoms with E-state index >= 15 is 0 Å². The van der Waals surface area contributed by atoms with Crippen LogP contribution in [0.5, 0.6) is 0 Å². The largest absolute Gasteiger partial charge is 0.333 e. The summed E-state index contributed by atoms with van der Waals surface area (Å²) < 4.78 is 0. The van der Waals surface area contributed by atoms with E-state index in [0.29, 0.717) is 6.04 Å². The quantitative estimate of drug-likeness (QED) is 0.790. The maximum absolute atomic E-state index is 12.5. The highest BCUT2D eigenvalue weighted by Gasteiger charge is 2.55. The molecule has 2 amide bonds. The number of hydrogen-bond acceptors (Lipinski definition) is 3. The van der Waals surface area contributed by atoms with Crippen LogP contribution in [0.2, 0.25) is 0 Å². The van der Waals surface area contributed by atoms with Gasteiger partial charge in [0.15, 0.2) is 0 Å². The molecule has 0 aromatic heterocycles. The number of nitrogens with zero attached hydrogens (tertiary/aromatic N) is 2. The van der Waals surface area contributed by atoms with Gasteiger partial charge in [0.05, 0.1) is 12.1 Å². The van der Waals surface area contributed by atoms with Crippen LogP contribution in [-0.2, 0) is 9.59 Å². The highest BCUT2D eigenvalue weighted by Crippen LogP contribution is 2.44. The first-order valence-corrected chi connectivity index (χ1v) is 8.37. The number of carbonyl (C=O) groups is 2. The first-order valence-electron chi connectivity index (χ1n) is 8.37. The van der Waals surface area contributed by atoms with Crippen molar-refractivity contribution in [1.29, 1.82) is 0 Å². The third-order valence-electron chi connectivity index (χ3n) is 5.56. The first kappa shape index (κ1) is 17.3. The van der Waals surface area contributed by atoms with Crippen molar-refractivity contribution in [3.8, 4) is 0 Å². The highest BCUT2D eigenvalue weighted by molar-refractivity contribution is 5.87. The lowest BCUT2D eigenvalue weighted by atomic mass is 9.86. The van der Waals surface area contributed by atoms with E-state index in [1.54, 1.807) is 4.90 Å². The second-order valence-corrected chi connectivity index (χ2v) is 7.20. The molecule has 3 rings (SSSR count). The van der Waals surface area contributed by atoms with Crippen molar-refractivity contribution in [2.45, 2.75) is 70.9 Å². The van der Waals surface area contributed by atoms with Crippen molar-refractivity contribution in [3.63, 3.8) is 0 Å². The predicted octanol–water partition coefficient (Wildman–Crippen LogP) is 1.75. The van der Waals surface area contributed by atoms with Crippen molar-refractivity contribution in [3.05, 3.63) is 0 Å². The van der Waals surface area contributed by atoms with Gasteiger partial charge in [0.2, 0.25) is 11.8 Å². The van der Waals surface area contributed by atoms with E-state index in [0.717, 1.165) is 58.0 Å². The fraction of sp³-hybridized carbons (Fsp3) is 0.882. The number of amides is 2. The summed E-state index contributed by atoms with van der Waals surface area (Å²) in [6, 6.07) is 0.307. The van der Waals surface area contributed by atoms with Crippen LogP contribution >= 0.6 is 0 Å². The Bertz CT molecular complexity index is 430. The van der Waals surface area contributed by atoms with Gasteiger partial charge in [0.25, 0.3) is 0 Å². The van der Waals surface area contributed by atoms with Crippen molar-refractivity contribution in [1.82, 2.24) is 9.80 Å². The third kappa shape index (κ3) is 3.29. The van der Waals surface area contributed by atoms with Crippen LogP contribution in [0.4, 0.5) is 0 Å². The molecule has 3 fully saturated rings. The molecule has 0 aromatic rings. The number of carbonyl (C=O) groups excluding carboxylic acids is 2. The monoisotopic (exact) mass is 309 g/mol. The Morgan fingerprint density at radius 1 is 1.27 bits per heavy atom. The Kier molecular flexibility index (Phi) is 5.15.